The van der Waals surface area contributed by atoms with E-state index in [0.29, 0.717) is 0 Å². The fraction of sp³-hybridized carbons (Fsp3) is 0.0488. The topological polar surface area (TPSA) is 13.1 Å². The molecule has 0 saturated carbocycles. The molecule has 0 fully saturated rings. The molecule has 13 aromatic carbocycles. The van der Waals surface area contributed by atoms with Gasteiger partial charge < -0.3 is 14.0 Å². The minimum Gasteiger partial charge on any atom is -0.310 e. The fourth-order valence-electron chi connectivity index (χ4n) is 15.1. The molecule has 2 aliphatic rings. The third-order valence-corrected chi connectivity index (χ3v) is 18.8. The molecule has 2 aromatic heterocycles. The second kappa shape index (κ2) is 18.9. The number of fused-ring (bicyclic) bond motifs is 12. The van der Waals surface area contributed by atoms with Crippen molar-refractivity contribution in [1.29, 1.82) is 0 Å². The van der Waals surface area contributed by atoms with Gasteiger partial charge in [-0.2, -0.15) is 0 Å². The molecule has 85 heavy (non-hydrogen) atoms. The summed E-state index contributed by atoms with van der Waals surface area (Å²) in [6.07, 6.45) is 0. The molecule has 0 bridgehead atoms. The number of benzene rings is 13. The molecular formula is C82H57N3. The van der Waals surface area contributed by atoms with Crippen LogP contribution in [0, 0.1) is 0 Å². The normalized spacial score (nSPS) is 13.5. The Morgan fingerprint density at radius 1 is 0.282 bits per heavy atom. The van der Waals surface area contributed by atoms with Crippen molar-refractivity contribution in [2.75, 3.05) is 4.90 Å². The maximum atomic E-state index is 2.51. The first-order chi connectivity index (χ1) is 41.9. The Labute approximate surface area is 495 Å². The van der Waals surface area contributed by atoms with Crippen LogP contribution in [0.2, 0.25) is 0 Å². The van der Waals surface area contributed by atoms with Crippen LogP contribution in [0.5, 0.6) is 0 Å². The number of aromatic nitrogens is 2. The summed E-state index contributed by atoms with van der Waals surface area (Å²) >= 11 is 0. The lowest BCUT2D eigenvalue weighted by molar-refractivity contribution is 0.660. The summed E-state index contributed by atoms with van der Waals surface area (Å²) in [7, 11) is 0. The molecule has 2 heterocycles. The van der Waals surface area contributed by atoms with Gasteiger partial charge in [0, 0.05) is 55.4 Å². The van der Waals surface area contributed by atoms with Gasteiger partial charge in [-0.05, 0) is 151 Å². The van der Waals surface area contributed by atoms with E-state index in [4.69, 9.17) is 0 Å². The first kappa shape index (κ1) is 48.9. The zero-order chi connectivity index (χ0) is 56.4. The van der Waals surface area contributed by atoms with Gasteiger partial charge in [-0.3, -0.25) is 0 Å². The largest absolute Gasteiger partial charge is 0.310 e. The van der Waals surface area contributed by atoms with Gasteiger partial charge >= 0.3 is 0 Å². The molecule has 0 aliphatic heterocycles. The summed E-state index contributed by atoms with van der Waals surface area (Å²) in [6.45, 7) is 4.73. The van der Waals surface area contributed by atoms with Crippen molar-refractivity contribution in [3.8, 4) is 55.9 Å². The molecule has 0 N–H and O–H groups in total. The van der Waals surface area contributed by atoms with Crippen LogP contribution in [0.4, 0.5) is 17.1 Å². The number of hydrogen-bond donors (Lipinski definition) is 0. The summed E-state index contributed by atoms with van der Waals surface area (Å²) < 4.78 is 5.01. The number of anilines is 3. The zero-order valence-electron chi connectivity index (χ0n) is 47.3. The van der Waals surface area contributed by atoms with E-state index in [1.165, 1.54) is 99.4 Å². The van der Waals surface area contributed by atoms with Crippen LogP contribution in [0.25, 0.3) is 99.5 Å². The van der Waals surface area contributed by atoms with E-state index >= 15 is 0 Å². The minimum absolute atomic E-state index is 0.150. The van der Waals surface area contributed by atoms with Crippen molar-refractivity contribution >= 4 is 60.7 Å². The second-order valence-corrected chi connectivity index (χ2v) is 23.5. The van der Waals surface area contributed by atoms with Gasteiger partial charge in [-0.1, -0.05) is 250 Å². The maximum absolute atomic E-state index is 2.51. The van der Waals surface area contributed by atoms with Crippen LogP contribution >= 0.6 is 0 Å². The molecule has 3 nitrogen and oxygen atoms in total. The van der Waals surface area contributed by atoms with E-state index < -0.39 is 5.41 Å². The van der Waals surface area contributed by atoms with Crippen LogP contribution < -0.4 is 4.90 Å². The molecule has 15 aromatic rings. The molecule has 0 spiro atoms. The monoisotopic (exact) mass is 1080 g/mol. The predicted molar refractivity (Wildman–Crippen MR) is 356 cm³/mol. The van der Waals surface area contributed by atoms with E-state index in [-0.39, 0.29) is 5.41 Å². The Morgan fingerprint density at radius 2 is 0.800 bits per heavy atom. The van der Waals surface area contributed by atoms with Crippen molar-refractivity contribution in [2.24, 2.45) is 0 Å². The number of rotatable bonds is 9. The highest BCUT2D eigenvalue weighted by molar-refractivity contribution is 6.17. The SMILES string of the molecule is CC1(C)c2ccccc2-c2ccc(N(c3ccccc3)c3ccc4c5c(-c6ccccc6)cccc5n(-c5ccc6c7ccc(-c8cccc9c8-c8ccccc8C9(c8ccccc8)c8ccccc8)cc7n(-c7ccccc7)c6c5)c4c3)cc21. The van der Waals surface area contributed by atoms with Crippen molar-refractivity contribution in [2.45, 2.75) is 24.7 Å². The third kappa shape index (κ3) is 7.20. The van der Waals surface area contributed by atoms with Gasteiger partial charge in [0.1, 0.15) is 0 Å². The Morgan fingerprint density at radius 3 is 1.54 bits per heavy atom. The summed E-state index contributed by atoms with van der Waals surface area (Å²) in [6, 6.07) is 115. The molecule has 2 aliphatic carbocycles. The Balaban J connectivity index is 0.887. The molecule has 17 rings (SSSR count). The van der Waals surface area contributed by atoms with Gasteiger partial charge in [0.05, 0.1) is 27.5 Å². The molecule has 400 valence electrons. The lowest BCUT2D eigenvalue weighted by Crippen LogP contribution is -2.28. The Bertz CT molecular complexity index is 5090. The molecule has 0 atom stereocenters. The van der Waals surface area contributed by atoms with Gasteiger partial charge in [0.2, 0.25) is 0 Å². The van der Waals surface area contributed by atoms with Crippen molar-refractivity contribution in [3.05, 3.63) is 343 Å². The predicted octanol–water partition coefficient (Wildman–Crippen LogP) is 21.4. The molecule has 0 saturated heterocycles. The first-order valence-electron chi connectivity index (χ1n) is 29.7. The Kier molecular flexibility index (Phi) is 10.9. The van der Waals surface area contributed by atoms with Crippen LogP contribution in [-0.2, 0) is 10.8 Å². The highest BCUT2D eigenvalue weighted by Crippen LogP contribution is 2.59. The number of nitrogens with zero attached hydrogens (tertiary/aromatic N) is 3. The van der Waals surface area contributed by atoms with Crippen molar-refractivity contribution in [3.63, 3.8) is 0 Å². The van der Waals surface area contributed by atoms with E-state index in [9.17, 15) is 0 Å². The standard InChI is InChI=1S/C82H57N3/c1-81(2)71-38-20-18-34-65(71)66-47-43-60(51-74(66)81)83(58-30-14-6-15-31-58)61-45-49-70-78(52-61)85(75-41-23-37-63(80(70)75)54-24-8-3-9-25-54)62-44-48-68-67-46-42-55(50-76(67)84(77(68)53-62)59-32-16-7-17-33-59)64-36-22-40-73-79(64)69-35-19-21-39-72(69)82(73,56-26-10-4-11-27-56)57-28-12-5-13-29-57/h3-53H,1-2H3. The van der Waals surface area contributed by atoms with Gasteiger partial charge in [0.15, 0.2) is 0 Å². The van der Waals surface area contributed by atoms with Crippen molar-refractivity contribution < 1.29 is 0 Å². The van der Waals surface area contributed by atoms with E-state index in [1.54, 1.807) is 0 Å². The molecule has 3 heteroatoms. The molecule has 0 amide bonds. The second-order valence-electron chi connectivity index (χ2n) is 23.5. The maximum Gasteiger partial charge on any atom is 0.0713 e. The van der Waals surface area contributed by atoms with E-state index in [0.717, 1.165) is 50.5 Å². The average molecular weight is 1080 g/mol. The van der Waals surface area contributed by atoms with Crippen LogP contribution in [0.3, 0.4) is 0 Å². The lowest BCUT2D eigenvalue weighted by atomic mass is 9.67. The summed E-state index contributed by atoms with van der Waals surface area (Å²) in [4.78, 5) is 2.44. The molecular weight excluding hydrogens is 1030 g/mol. The van der Waals surface area contributed by atoms with Gasteiger partial charge in [-0.15, -0.1) is 0 Å². The molecule has 0 radical (unpaired) electrons. The highest BCUT2D eigenvalue weighted by atomic mass is 15.1. The van der Waals surface area contributed by atoms with Crippen molar-refractivity contribution in [1.82, 2.24) is 9.13 Å². The van der Waals surface area contributed by atoms with Gasteiger partial charge in [-0.25, -0.2) is 0 Å². The number of hydrogen-bond acceptors (Lipinski definition) is 1. The summed E-state index contributed by atoms with van der Waals surface area (Å²) in [5.41, 5.74) is 27.3. The van der Waals surface area contributed by atoms with Crippen LogP contribution in [0.15, 0.2) is 309 Å². The Hall–Kier alpha value is -10.7. The highest BCUT2D eigenvalue weighted by Gasteiger charge is 2.47. The average Bonchev–Trinajstić information content (AvgIpc) is 1.65. The fourth-order valence-corrected chi connectivity index (χ4v) is 15.1. The first-order valence-corrected chi connectivity index (χ1v) is 29.7. The van der Waals surface area contributed by atoms with Crippen LogP contribution in [-0.4, -0.2) is 9.13 Å². The number of para-hydroxylation sites is 2. The minimum atomic E-state index is -0.495. The van der Waals surface area contributed by atoms with E-state index in [1.807, 2.05) is 0 Å². The molecule has 0 unspecified atom stereocenters. The van der Waals surface area contributed by atoms with Crippen LogP contribution in [0.1, 0.15) is 47.2 Å². The smallest absolute Gasteiger partial charge is 0.0713 e. The quantitative estimate of drug-likeness (QED) is 0.140. The van der Waals surface area contributed by atoms with Gasteiger partial charge in [0.25, 0.3) is 0 Å². The third-order valence-electron chi connectivity index (χ3n) is 18.8. The summed E-state index contributed by atoms with van der Waals surface area (Å²) in [5, 5.41) is 4.84. The zero-order valence-corrected chi connectivity index (χ0v) is 47.3. The lowest BCUT2D eigenvalue weighted by Gasteiger charge is -2.34. The summed E-state index contributed by atoms with van der Waals surface area (Å²) in [5.74, 6) is 0. The van der Waals surface area contributed by atoms with E-state index in [2.05, 4.69) is 337 Å².